The van der Waals surface area contributed by atoms with E-state index in [4.69, 9.17) is 0 Å². The first-order valence-corrected chi connectivity index (χ1v) is 9.02. The Morgan fingerprint density at radius 1 is 0.880 bits per heavy atom. The zero-order valence-electron chi connectivity index (χ0n) is 14.7. The molecule has 0 aromatic heterocycles. The van der Waals surface area contributed by atoms with Gasteiger partial charge in [0.15, 0.2) is 0 Å². The highest BCUT2D eigenvalue weighted by atomic mass is 16.1. The molecule has 1 atom stereocenters. The molecule has 2 heteroatoms. The SMILES string of the molecule is C[C@@H](CCc1ccccc1)NC(=O)CCc1cccc2ccccc12. The van der Waals surface area contributed by atoms with Crippen LogP contribution in [0.15, 0.2) is 72.8 Å². The molecule has 128 valence electrons. The second-order valence-electron chi connectivity index (χ2n) is 6.63. The Bertz CT molecular complexity index is 820. The van der Waals surface area contributed by atoms with Crippen molar-refractivity contribution in [2.24, 2.45) is 0 Å². The van der Waals surface area contributed by atoms with Gasteiger partial charge in [-0.2, -0.15) is 0 Å². The van der Waals surface area contributed by atoms with Crippen molar-refractivity contribution in [3.63, 3.8) is 0 Å². The molecule has 0 bridgehead atoms. The lowest BCUT2D eigenvalue weighted by Crippen LogP contribution is -2.33. The molecule has 0 unspecified atom stereocenters. The highest BCUT2D eigenvalue weighted by molar-refractivity contribution is 5.86. The van der Waals surface area contributed by atoms with E-state index < -0.39 is 0 Å². The van der Waals surface area contributed by atoms with Crippen LogP contribution in [0.2, 0.25) is 0 Å². The molecule has 0 heterocycles. The first-order chi connectivity index (χ1) is 12.2. The molecule has 1 amide bonds. The minimum Gasteiger partial charge on any atom is -0.354 e. The minimum atomic E-state index is 0.133. The highest BCUT2D eigenvalue weighted by Crippen LogP contribution is 2.19. The molecule has 0 radical (unpaired) electrons. The molecule has 0 aliphatic heterocycles. The molecule has 1 N–H and O–H groups in total. The third kappa shape index (κ3) is 4.93. The van der Waals surface area contributed by atoms with Crippen LogP contribution in [-0.2, 0) is 17.6 Å². The number of fused-ring (bicyclic) bond motifs is 1. The summed E-state index contributed by atoms with van der Waals surface area (Å²) in [7, 11) is 0. The van der Waals surface area contributed by atoms with Crippen molar-refractivity contribution in [1.82, 2.24) is 5.32 Å². The van der Waals surface area contributed by atoms with E-state index in [1.54, 1.807) is 0 Å². The Morgan fingerprint density at radius 2 is 1.60 bits per heavy atom. The van der Waals surface area contributed by atoms with Gasteiger partial charge in [-0.05, 0) is 48.1 Å². The van der Waals surface area contributed by atoms with Crippen LogP contribution in [0.3, 0.4) is 0 Å². The van der Waals surface area contributed by atoms with Gasteiger partial charge in [-0.25, -0.2) is 0 Å². The molecular formula is C23H25NO. The number of aryl methyl sites for hydroxylation is 2. The van der Waals surface area contributed by atoms with Crippen LogP contribution in [0, 0.1) is 0 Å². The van der Waals surface area contributed by atoms with Crippen LogP contribution in [0.5, 0.6) is 0 Å². The molecule has 3 aromatic rings. The van der Waals surface area contributed by atoms with Crippen LogP contribution in [0.1, 0.15) is 30.9 Å². The number of rotatable bonds is 7. The Balaban J connectivity index is 1.49. The topological polar surface area (TPSA) is 29.1 Å². The number of nitrogens with one attached hydrogen (secondary N) is 1. The summed E-state index contributed by atoms with van der Waals surface area (Å²) in [5.74, 6) is 0.133. The van der Waals surface area contributed by atoms with E-state index in [2.05, 4.69) is 72.9 Å². The summed E-state index contributed by atoms with van der Waals surface area (Å²) < 4.78 is 0. The first-order valence-electron chi connectivity index (χ1n) is 9.02. The third-order valence-corrected chi connectivity index (χ3v) is 4.62. The van der Waals surface area contributed by atoms with E-state index in [9.17, 15) is 4.79 Å². The summed E-state index contributed by atoms with van der Waals surface area (Å²) >= 11 is 0. The fourth-order valence-electron chi connectivity index (χ4n) is 3.21. The van der Waals surface area contributed by atoms with E-state index in [-0.39, 0.29) is 11.9 Å². The number of amides is 1. The van der Waals surface area contributed by atoms with E-state index in [1.165, 1.54) is 21.9 Å². The molecular weight excluding hydrogens is 306 g/mol. The molecule has 0 fully saturated rings. The van der Waals surface area contributed by atoms with Gasteiger partial charge in [0.2, 0.25) is 5.91 Å². The van der Waals surface area contributed by atoms with Crippen LogP contribution < -0.4 is 5.32 Å². The Hall–Kier alpha value is -2.61. The number of carbonyl (C=O) groups is 1. The second kappa shape index (κ2) is 8.48. The molecule has 0 spiro atoms. The van der Waals surface area contributed by atoms with Crippen molar-refractivity contribution < 1.29 is 4.79 Å². The van der Waals surface area contributed by atoms with Gasteiger partial charge in [-0.1, -0.05) is 72.8 Å². The van der Waals surface area contributed by atoms with E-state index in [0.29, 0.717) is 6.42 Å². The average Bonchev–Trinajstić information content (AvgIpc) is 2.65. The van der Waals surface area contributed by atoms with E-state index in [0.717, 1.165) is 19.3 Å². The summed E-state index contributed by atoms with van der Waals surface area (Å²) in [5.41, 5.74) is 2.56. The van der Waals surface area contributed by atoms with Crippen LogP contribution in [0.4, 0.5) is 0 Å². The molecule has 2 nitrogen and oxygen atoms in total. The van der Waals surface area contributed by atoms with Crippen molar-refractivity contribution in [1.29, 1.82) is 0 Å². The summed E-state index contributed by atoms with van der Waals surface area (Å²) in [6.07, 6.45) is 3.26. The van der Waals surface area contributed by atoms with Gasteiger partial charge in [0.25, 0.3) is 0 Å². The zero-order chi connectivity index (χ0) is 17.5. The third-order valence-electron chi connectivity index (χ3n) is 4.62. The lowest BCUT2D eigenvalue weighted by atomic mass is 10.0. The van der Waals surface area contributed by atoms with Gasteiger partial charge in [-0.3, -0.25) is 4.79 Å². The fraction of sp³-hybridized carbons (Fsp3) is 0.261. The molecule has 3 rings (SSSR count). The average molecular weight is 331 g/mol. The maximum atomic E-state index is 12.3. The molecule has 0 saturated carbocycles. The van der Waals surface area contributed by atoms with Crippen molar-refractivity contribution in [3.05, 3.63) is 83.9 Å². The van der Waals surface area contributed by atoms with Crippen molar-refractivity contribution >= 4 is 16.7 Å². The van der Waals surface area contributed by atoms with Gasteiger partial charge in [0, 0.05) is 12.5 Å². The second-order valence-corrected chi connectivity index (χ2v) is 6.63. The fourth-order valence-corrected chi connectivity index (χ4v) is 3.21. The zero-order valence-corrected chi connectivity index (χ0v) is 14.7. The largest absolute Gasteiger partial charge is 0.354 e. The Labute approximate surface area is 149 Å². The van der Waals surface area contributed by atoms with Crippen LogP contribution >= 0.6 is 0 Å². The van der Waals surface area contributed by atoms with Crippen LogP contribution in [0.25, 0.3) is 10.8 Å². The van der Waals surface area contributed by atoms with Gasteiger partial charge in [0.05, 0.1) is 0 Å². The van der Waals surface area contributed by atoms with Crippen molar-refractivity contribution in [3.8, 4) is 0 Å². The number of carbonyl (C=O) groups excluding carboxylic acids is 1. The lowest BCUT2D eigenvalue weighted by Gasteiger charge is -2.14. The van der Waals surface area contributed by atoms with Gasteiger partial charge >= 0.3 is 0 Å². The first kappa shape index (κ1) is 17.2. The predicted octanol–water partition coefficient (Wildman–Crippen LogP) is 4.91. The maximum absolute atomic E-state index is 12.3. The quantitative estimate of drug-likeness (QED) is 0.655. The van der Waals surface area contributed by atoms with Crippen LogP contribution in [-0.4, -0.2) is 11.9 Å². The Kier molecular flexibility index (Phi) is 5.84. The normalized spacial score (nSPS) is 12.0. The number of benzene rings is 3. The highest BCUT2D eigenvalue weighted by Gasteiger charge is 2.09. The summed E-state index contributed by atoms with van der Waals surface area (Å²) in [5, 5.41) is 5.61. The summed E-state index contributed by atoms with van der Waals surface area (Å²) in [6, 6.07) is 25.3. The van der Waals surface area contributed by atoms with Crippen molar-refractivity contribution in [2.75, 3.05) is 0 Å². The standard InChI is InChI=1S/C23H25NO/c1-18(14-15-19-8-3-2-4-9-19)24-23(25)17-16-21-12-7-11-20-10-5-6-13-22(20)21/h2-13,18H,14-17H2,1H3,(H,24,25)/t18-/m0/s1. The molecule has 0 aliphatic rings. The van der Waals surface area contributed by atoms with Gasteiger partial charge in [0.1, 0.15) is 0 Å². The molecule has 25 heavy (non-hydrogen) atoms. The molecule has 3 aromatic carbocycles. The predicted molar refractivity (Wildman–Crippen MR) is 105 cm³/mol. The monoisotopic (exact) mass is 331 g/mol. The minimum absolute atomic E-state index is 0.133. The number of hydrogen-bond acceptors (Lipinski definition) is 1. The summed E-state index contributed by atoms with van der Waals surface area (Å²) in [4.78, 5) is 12.3. The lowest BCUT2D eigenvalue weighted by molar-refractivity contribution is -0.121. The van der Waals surface area contributed by atoms with Gasteiger partial charge < -0.3 is 5.32 Å². The maximum Gasteiger partial charge on any atom is 0.220 e. The van der Waals surface area contributed by atoms with E-state index >= 15 is 0 Å². The Morgan fingerprint density at radius 3 is 2.44 bits per heavy atom. The molecule has 0 aliphatic carbocycles. The van der Waals surface area contributed by atoms with Gasteiger partial charge in [-0.15, -0.1) is 0 Å². The molecule has 0 saturated heterocycles. The van der Waals surface area contributed by atoms with Crippen molar-refractivity contribution in [2.45, 2.75) is 38.6 Å². The number of hydrogen-bond donors (Lipinski definition) is 1. The summed E-state index contributed by atoms with van der Waals surface area (Å²) in [6.45, 7) is 2.08. The van der Waals surface area contributed by atoms with E-state index in [1.807, 2.05) is 12.1 Å². The smallest absolute Gasteiger partial charge is 0.220 e.